The third-order valence-electron chi connectivity index (χ3n) is 2.33. The summed E-state index contributed by atoms with van der Waals surface area (Å²) in [6.07, 6.45) is 0.844. The molecule has 0 aliphatic carbocycles. The number of benzene rings is 1. The molecule has 8 nitrogen and oxygen atoms in total. The summed E-state index contributed by atoms with van der Waals surface area (Å²) in [5.41, 5.74) is -1.47. The topological polar surface area (TPSA) is 100 Å². The van der Waals surface area contributed by atoms with Gasteiger partial charge in [0.1, 0.15) is 6.33 Å². The Labute approximate surface area is 109 Å². The second-order valence-corrected chi connectivity index (χ2v) is 3.49. The maximum Gasteiger partial charge on any atom is 0.377 e. The predicted molar refractivity (Wildman–Crippen MR) is 59.3 cm³/mol. The smallest absolute Gasteiger partial charge is 0.377 e. The predicted octanol–water partition coefficient (Wildman–Crippen LogP) is 1.24. The van der Waals surface area contributed by atoms with Crippen molar-refractivity contribution in [3.63, 3.8) is 0 Å². The van der Waals surface area contributed by atoms with Crippen LogP contribution in [0.25, 0.3) is 5.69 Å². The minimum atomic E-state index is -1.47. The fourth-order valence-electron chi connectivity index (χ4n) is 1.45. The standard InChI is InChI=1S/C10H6F2N4O4/c1-20-10(17)9-13-4-15(14-9)8-6(16(18)19)3-2-5(11)7(8)12/h2-4H,1H3. The Kier molecular flexibility index (Phi) is 3.37. The summed E-state index contributed by atoms with van der Waals surface area (Å²) >= 11 is 0. The maximum atomic E-state index is 13.7. The Hall–Kier alpha value is -2.91. The van der Waals surface area contributed by atoms with E-state index in [1.807, 2.05) is 0 Å². The number of aromatic nitrogens is 3. The number of nitro benzene ring substituents is 1. The number of esters is 1. The number of methoxy groups -OCH3 is 1. The van der Waals surface area contributed by atoms with Crippen LogP contribution in [0.1, 0.15) is 10.6 Å². The molecular weight excluding hydrogens is 278 g/mol. The van der Waals surface area contributed by atoms with Crippen LogP contribution in [-0.4, -0.2) is 32.8 Å². The van der Waals surface area contributed by atoms with Crippen molar-refractivity contribution >= 4 is 11.7 Å². The van der Waals surface area contributed by atoms with E-state index in [0.717, 1.165) is 19.5 Å². The zero-order valence-electron chi connectivity index (χ0n) is 9.91. The molecule has 1 aromatic heterocycles. The Morgan fingerprint density at radius 2 is 2.15 bits per heavy atom. The van der Waals surface area contributed by atoms with Crippen molar-refractivity contribution in [1.29, 1.82) is 0 Å². The number of nitro groups is 1. The van der Waals surface area contributed by atoms with Crippen LogP contribution in [0.5, 0.6) is 0 Å². The van der Waals surface area contributed by atoms with Gasteiger partial charge in [0, 0.05) is 6.07 Å². The van der Waals surface area contributed by atoms with Crippen LogP contribution in [0.4, 0.5) is 14.5 Å². The van der Waals surface area contributed by atoms with Gasteiger partial charge in [0.05, 0.1) is 12.0 Å². The first-order valence-corrected chi connectivity index (χ1v) is 5.08. The van der Waals surface area contributed by atoms with E-state index in [1.165, 1.54) is 0 Å². The van der Waals surface area contributed by atoms with Gasteiger partial charge in [0.2, 0.25) is 0 Å². The van der Waals surface area contributed by atoms with Crippen LogP contribution in [0.2, 0.25) is 0 Å². The van der Waals surface area contributed by atoms with Gasteiger partial charge in [-0.2, -0.15) is 0 Å². The molecule has 0 amide bonds. The van der Waals surface area contributed by atoms with Crippen LogP contribution < -0.4 is 0 Å². The summed E-state index contributed by atoms with van der Waals surface area (Å²) in [6.45, 7) is 0. The zero-order valence-corrected chi connectivity index (χ0v) is 9.91. The third kappa shape index (κ3) is 2.18. The summed E-state index contributed by atoms with van der Waals surface area (Å²) in [7, 11) is 1.08. The highest BCUT2D eigenvalue weighted by Gasteiger charge is 2.25. The average molecular weight is 284 g/mol. The summed E-state index contributed by atoms with van der Waals surface area (Å²) in [5, 5.41) is 14.3. The summed E-state index contributed by atoms with van der Waals surface area (Å²) < 4.78 is 31.8. The highest BCUT2D eigenvalue weighted by molar-refractivity contribution is 5.84. The van der Waals surface area contributed by atoms with E-state index in [0.29, 0.717) is 10.7 Å². The number of carbonyl (C=O) groups excluding carboxylic acids is 1. The largest absolute Gasteiger partial charge is 0.463 e. The zero-order chi connectivity index (χ0) is 14.9. The van der Waals surface area contributed by atoms with Gasteiger partial charge < -0.3 is 4.74 Å². The van der Waals surface area contributed by atoms with Gasteiger partial charge in [-0.15, -0.1) is 5.10 Å². The fraction of sp³-hybridized carbons (Fsp3) is 0.100. The average Bonchev–Trinajstić information content (AvgIpc) is 2.89. The van der Waals surface area contributed by atoms with Crippen LogP contribution in [-0.2, 0) is 4.74 Å². The molecule has 0 saturated heterocycles. The first-order valence-electron chi connectivity index (χ1n) is 5.08. The molecule has 0 radical (unpaired) electrons. The number of halogens is 2. The van der Waals surface area contributed by atoms with Crippen molar-refractivity contribution in [3.8, 4) is 5.69 Å². The maximum absolute atomic E-state index is 13.7. The molecular formula is C10H6F2N4O4. The molecule has 0 spiro atoms. The van der Waals surface area contributed by atoms with Crippen molar-refractivity contribution in [1.82, 2.24) is 14.8 Å². The van der Waals surface area contributed by atoms with Crippen LogP contribution in [0.15, 0.2) is 18.5 Å². The van der Waals surface area contributed by atoms with Gasteiger partial charge in [0.25, 0.3) is 11.5 Å². The van der Waals surface area contributed by atoms with Gasteiger partial charge in [0.15, 0.2) is 17.3 Å². The lowest BCUT2D eigenvalue weighted by molar-refractivity contribution is -0.384. The molecule has 1 heterocycles. The molecule has 0 aliphatic rings. The SMILES string of the molecule is COC(=O)c1ncn(-c2c([N+](=O)[O-])ccc(F)c2F)n1. The van der Waals surface area contributed by atoms with Crippen molar-refractivity contribution in [2.24, 2.45) is 0 Å². The minimum Gasteiger partial charge on any atom is -0.463 e. The Bertz CT molecular complexity index is 701. The molecule has 0 N–H and O–H groups in total. The van der Waals surface area contributed by atoms with E-state index < -0.39 is 39.7 Å². The highest BCUT2D eigenvalue weighted by atomic mass is 19.2. The second kappa shape index (κ2) is 4.99. The van der Waals surface area contributed by atoms with Crippen molar-refractivity contribution in [2.45, 2.75) is 0 Å². The lowest BCUT2D eigenvalue weighted by atomic mass is 10.2. The molecule has 10 heteroatoms. The number of hydrogen-bond donors (Lipinski definition) is 0. The number of ether oxygens (including phenoxy) is 1. The summed E-state index contributed by atoms with van der Waals surface area (Å²) in [6, 6.07) is 1.41. The summed E-state index contributed by atoms with van der Waals surface area (Å²) in [5.74, 6) is -4.12. The molecule has 0 saturated carbocycles. The third-order valence-corrected chi connectivity index (χ3v) is 2.33. The lowest BCUT2D eigenvalue weighted by Crippen LogP contribution is -2.08. The summed E-state index contributed by atoms with van der Waals surface area (Å²) in [4.78, 5) is 24.6. The molecule has 2 aromatic rings. The van der Waals surface area contributed by atoms with Crippen molar-refractivity contribution < 1.29 is 23.2 Å². The molecule has 0 atom stereocenters. The lowest BCUT2D eigenvalue weighted by Gasteiger charge is -2.04. The van der Waals surface area contributed by atoms with E-state index in [2.05, 4.69) is 14.8 Å². The normalized spacial score (nSPS) is 10.3. The van der Waals surface area contributed by atoms with E-state index in [-0.39, 0.29) is 0 Å². The number of carbonyl (C=O) groups is 1. The van der Waals surface area contributed by atoms with Crippen LogP contribution in [0.3, 0.4) is 0 Å². The minimum absolute atomic E-state index is 0.439. The number of rotatable bonds is 3. The van der Waals surface area contributed by atoms with E-state index in [1.54, 1.807) is 0 Å². The van der Waals surface area contributed by atoms with Gasteiger partial charge in [-0.1, -0.05) is 0 Å². The molecule has 1 aromatic carbocycles. The second-order valence-electron chi connectivity index (χ2n) is 3.49. The Balaban J connectivity index is 2.62. The molecule has 0 fully saturated rings. The highest BCUT2D eigenvalue weighted by Crippen LogP contribution is 2.26. The first-order chi connectivity index (χ1) is 9.45. The monoisotopic (exact) mass is 284 g/mol. The van der Waals surface area contributed by atoms with Gasteiger partial charge in [-0.25, -0.2) is 23.2 Å². The molecule has 2 rings (SSSR count). The van der Waals surface area contributed by atoms with E-state index >= 15 is 0 Å². The fourth-order valence-corrected chi connectivity index (χ4v) is 1.45. The first kappa shape index (κ1) is 13.5. The number of nitrogens with zero attached hydrogens (tertiary/aromatic N) is 4. The number of hydrogen-bond acceptors (Lipinski definition) is 6. The van der Waals surface area contributed by atoms with Crippen molar-refractivity contribution in [2.75, 3.05) is 7.11 Å². The van der Waals surface area contributed by atoms with Crippen LogP contribution in [0, 0.1) is 21.7 Å². The quantitative estimate of drug-likeness (QED) is 0.477. The van der Waals surface area contributed by atoms with Gasteiger partial charge in [-0.05, 0) is 6.07 Å². The Morgan fingerprint density at radius 1 is 1.45 bits per heavy atom. The molecule has 0 aliphatic heterocycles. The van der Waals surface area contributed by atoms with Gasteiger partial charge >= 0.3 is 5.97 Å². The van der Waals surface area contributed by atoms with E-state index in [4.69, 9.17) is 0 Å². The molecule has 0 bridgehead atoms. The Morgan fingerprint density at radius 3 is 2.75 bits per heavy atom. The molecule has 0 unspecified atom stereocenters. The molecule has 104 valence electrons. The van der Waals surface area contributed by atoms with Crippen molar-refractivity contribution in [3.05, 3.63) is 46.0 Å². The van der Waals surface area contributed by atoms with Gasteiger partial charge in [-0.3, -0.25) is 10.1 Å². The van der Waals surface area contributed by atoms with E-state index in [9.17, 15) is 23.7 Å². The van der Waals surface area contributed by atoms with Crippen LogP contribution >= 0.6 is 0 Å². The molecule has 20 heavy (non-hydrogen) atoms.